The highest BCUT2D eigenvalue weighted by atomic mass is 15.2. The highest BCUT2D eigenvalue weighted by Crippen LogP contribution is 2.18. The van der Waals surface area contributed by atoms with Crippen LogP contribution >= 0.6 is 0 Å². The van der Waals surface area contributed by atoms with E-state index < -0.39 is 0 Å². The van der Waals surface area contributed by atoms with Gasteiger partial charge in [0.05, 0.1) is 0 Å². The van der Waals surface area contributed by atoms with Gasteiger partial charge in [0.25, 0.3) is 0 Å². The molecule has 0 amide bonds. The Morgan fingerprint density at radius 3 is 2.72 bits per heavy atom. The molecule has 5 heteroatoms. The van der Waals surface area contributed by atoms with E-state index in [0.29, 0.717) is 0 Å². The molecule has 2 heterocycles. The average molecular weight is 335 g/mol. The van der Waals surface area contributed by atoms with E-state index in [9.17, 15) is 0 Å². The molecule has 0 spiro atoms. The number of aryl methyl sites for hydroxylation is 1. The molecule has 25 heavy (non-hydrogen) atoms. The number of aromatic amines is 1. The number of aromatic nitrogens is 2. The van der Waals surface area contributed by atoms with Gasteiger partial charge in [-0.25, -0.2) is 0 Å². The molecule has 0 unspecified atom stereocenters. The quantitative estimate of drug-likeness (QED) is 0.353. The van der Waals surface area contributed by atoms with Crippen LogP contribution in [0.3, 0.4) is 0 Å². The van der Waals surface area contributed by atoms with Crippen molar-refractivity contribution in [2.75, 3.05) is 20.1 Å². The van der Waals surface area contributed by atoms with Gasteiger partial charge in [-0.3, -0.25) is 9.98 Å². The Bertz CT molecular complexity index is 807. The van der Waals surface area contributed by atoms with E-state index in [-0.39, 0.29) is 0 Å². The molecule has 3 aromatic rings. The zero-order valence-corrected chi connectivity index (χ0v) is 14.6. The van der Waals surface area contributed by atoms with Crippen LogP contribution in [0.2, 0.25) is 0 Å². The first-order valence-electron chi connectivity index (χ1n) is 8.76. The lowest BCUT2D eigenvalue weighted by atomic mass is 10.1. The SMILES string of the molecule is CN=C(NCCCc1c[nH]c2ccccc12)NCCc1ccccn1. The fourth-order valence-electron chi connectivity index (χ4n) is 2.90. The Balaban J connectivity index is 1.38. The standard InChI is InChI=1S/C20H25N5/c1-21-20(24-14-11-17-8-4-5-12-22-17)23-13-6-7-16-15-25-19-10-3-2-9-18(16)19/h2-5,8-10,12,15,25H,6-7,11,13-14H2,1H3,(H2,21,23,24). The smallest absolute Gasteiger partial charge is 0.190 e. The summed E-state index contributed by atoms with van der Waals surface area (Å²) in [6, 6.07) is 14.4. The fraction of sp³-hybridized carbons (Fsp3) is 0.300. The molecule has 130 valence electrons. The molecule has 1 aromatic carbocycles. The zero-order chi connectivity index (χ0) is 17.3. The Labute approximate surface area is 148 Å². The van der Waals surface area contributed by atoms with Crippen molar-refractivity contribution in [1.82, 2.24) is 20.6 Å². The Morgan fingerprint density at radius 2 is 1.88 bits per heavy atom. The van der Waals surface area contributed by atoms with Gasteiger partial charge in [0.15, 0.2) is 5.96 Å². The van der Waals surface area contributed by atoms with Gasteiger partial charge in [0.2, 0.25) is 0 Å². The first-order chi connectivity index (χ1) is 12.4. The van der Waals surface area contributed by atoms with Crippen LogP contribution in [0.25, 0.3) is 10.9 Å². The van der Waals surface area contributed by atoms with Gasteiger partial charge < -0.3 is 15.6 Å². The number of aliphatic imine (C=N–C) groups is 1. The molecule has 0 saturated heterocycles. The van der Waals surface area contributed by atoms with Gasteiger partial charge in [-0.15, -0.1) is 0 Å². The van der Waals surface area contributed by atoms with E-state index in [1.54, 1.807) is 7.05 Å². The Morgan fingerprint density at radius 1 is 1.04 bits per heavy atom. The number of fused-ring (bicyclic) bond motifs is 1. The maximum atomic E-state index is 4.33. The minimum absolute atomic E-state index is 0.819. The number of hydrogen-bond acceptors (Lipinski definition) is 2. The lowest BCUT2D eigenvalue weighted by Gasteiger charge is -2.11. The summed E-state index contributed by atoms with van der Waals surface area (Å²) in [6.07, 6.45) is 6.93. The molecule has 0 bridgehead atoms. The zero-order valence-electron chi connectivity index (χ0n) is 14.6. The van der Waals surface area contributed by atoms with Crippen molar-refractivity contribution in [3.05, 3.63) is 66.1 Å². The molecule has 0 fully saturated rings. The molecule has 0 aliphatic heterocycles. The minimum Gasteiger partial charge on any atom is -0.361 e. The number of para-hydroxylation sites is 1. The number of rotatable bonds is 7. The van der Waals surface area contributed by atoms with E-state index in [1.165, 1.54) is 16.5 Å². The Hall–Kier alpha value is -2.82. The number of hydrogen-bond donors (Lipinski definition) is 3. The number of H-pyrrole nitrogens is 1. The van der Waals surface area contributed by atoms with Gasteiger partial charge in [-0.1, -0.05) is 24.3 Å². The van der Waals surface area contributed by atoms with Crippen LogP contribution in [-0.2, 0) is 12.8 Å². The Kier molecular flexibility index (Phi) is 6.04. The van der Waals surface area contributed by atoms with Crippen LogP contribution in [0.15, 0.2) is 59.9 Å². The molecule has 5 nitrogen and oxygen atoms in total. The lowest BCUT2D eigenvalue weighted by molar-refractivity contribution is 0.738. The van der Waals surface area contributed by atoms with E-state index in [0.717, 1.165) is 44.0 Å². The molecular weight excluding hydrogens is 310 g/mol. The number of nitrogens with one attached hydrogen (secondary N) is 3. The van der Waals surface area contributed by atoms with Crippen molar-refractivity contribution < 1.29 is 0 Å². The second-order valence-electron chi connectivity index (χ2n) is 5.96. The third kappa shape index (κ3) is 4.83. The van der Waals surface area contributed by atoms with Gasteiger partial charge >= 0.3 is 0 Å². The first-order valence-corrected chi connectivity index (χ1v) is 8.76. The summed E-state index contributed by atoms with van der Waals surface area (Å²) >= 11 is 0. The van der Waals surface area contributed by atoms with Crippen molar-refractivity contribution in [3.63, 3.8) is 0 Å². The first kappa shape index (κ1) is 17.0. The second-order valence-corrected chi connectivity index (χ2v) is 5.96. The molecular formula is C20H25N5. The second kappa shape index (κ2) is 8.87. The largest absolute Gasteiger partial charge is 0.361 e. The monoisotopic (exact) mass is 335 g/mol. The van der Waals surface area contributed by atoms with Gasteiger partial charge in [-0.2, -0.15) is 0 Å². The summed E-state index contributed by atoms with van der Waals surface area (Å²) in [7, 11) is 1.80. The van der Waals surface area contributed by atoms with E-state index in [1.807, 2.05) is 24.4 Å². The summed E-state index contributed by atoms with van der Waals surface area (Å²) in [5.41, 5.74) is 3.66. The number of benzene rings is 1. The molecule has 2 aromatic heterocycles. The third-order valence-electron chi connectivity index (χ3n) is 4.21. The van der Waals surface area contributed by atoms with Gasteiger partial charge in [0, 0.05) is 55.5 Å². The summed E-state index contributed by atoms with van der Waals surface area (Å²) in [5.74, 6) is 0.842. The van der Waals surface area contributed by atoms with E-state index in [2.05, 4.69) is 56.1 Å². The molecule has 0 aliphatic carbocycles. The normalized spacial score (nSPS) is 11.6. The number of nitrogens with zero attached hydrogens (tertiary/aromatic N) is 2. The lowest BCUT2D eigenvalue weighted by Crippen LogP contribution is -2.38. The van der Waals surface area contributed by atoms with Gasteiger partial charge in [-0.05, 0) is 36.6 Å². The predicted octanol–water partition coefficient (Wildman–Crippen LogP) is 2.90. The van der Waals surface area contributed by atoms with Crippen molar-refractivity contribution in [1.29, 1.82) is 0 Å². The van der Waals surface area contributed by atoms with Crippen LogP contribution < -0.4 is 10.6 Å². The summed E-state index contributed by atoms with van der Waals surface area (Å²) < 4.78 is 0. The average Bonchev–Trinajstić information content (AvgIpc) is 3.08. The van der Waals surface area contributed by atoms with Gasteiger partial charge in [0.1, 0.15) is 0 Å². The molecule has 3 rings (SSSR count). The summed E-state index contributed by atoms with van der Waals surface area (Å²) in [6.45, 7) is 1.71. The third-order valence-corrected chi connectivity index (χ3v) is 4.21. The molecule has 0 atom stereocenters. The van der Waals surface area contributed by atoms with Crippen molar-refractivity contribution in [2.45, 2.75) is 19.3 Å². The molecule has 0 saturated carbocycles. The van der Waals surface area contributed by atoms with Crippen molar-refractivity contribution in [2.24, 2.45) is 4.99 Å². The molecule has 0 aliphatic rings. The molecule has 0 radical (unpaired) electrons. The van der Waals surface area contributed by atoms with Crippen molar-refractivity contribution >= 4 is 16.9 Å². The van der Waals surface area contributed by atoms with Crippen LogP contribution in [0.4, 0.5) is 0 Å². The minimum atomic E-state index is 0.819. The van der Waals surface area contributed by atoms with E-state index >= 15 is 0 Å². The number of pyridine rings is 1. The van der Waals surface area contributed by atoms with Crippen LogP contribution in [0, 0.1) is 0 Å². The topological polar surface area (TPSA) is 65.1 Å². The fourth-order valence-corrected chi connectivity index (χ4v) is 2.90. The summed E-state index contributed by atoms with van der Waals surface area (Å²) in [5, 5.41) is 8.03. The van der Waals surface area contributed by atoms with Crippen molar-refractivity contribution in [3.8, 4) is 0 Å². The maximum Gasteiger partial charge on any atom is 0.190 e. The van der Waals surface area contributed by atoms with Crippen LogP contribution in [0.5, 0.6) is 0 Å². The summed E-state index contributed by atoms with van der Waals surface area (Å²) in [4.78, 5) is 11.9. The van der Waals surface area contributed by atoms with Crippen LogP contribution in [0.1, 0.15) is 17.7 Å². The van der Waals surface area contributed by atoms with Crippen LogP contribution in [-0.4, -0.2) is 36.1 Å². The predicted molar refractivity (Wildman–Crippen MR) is 104 cm³/mol. The molecule has 3 N–H and O–H groups in total. The van der Waals surface area contributed by atoms with E-state index in [4.69, 9.17) is 0 Å². The highest BCUT2D eigenvalue weighted by Gasteiger charge is 2.03. The maximum absolute atomic E-state index is 4.33. The number of guanidine groups is 1. The highest BCUT2D eigenvalue weighted by molar-refractivity contribution is 5.83.